The highest BCUT2D eigenvalue weighted by molar-refractivity contribution is 5.95. The van der Waals surface area contributed by atoms with Gasteiger partial charge in [-0.1, -0.05) is 33.6 Å². The van der Waals surface area contributed by atoms with E-state index in [2.05, 4.69) is 10.2 Å². The lowest BCUT2D eigenvalue weighted by atomic mass is 9.93. The molecule has 0 spiro atoms. The Labute approximate surface area is 174 Å². The average Bonchev–Trinajstić information content (AvgIpc) is 3.22. The number of methoxy groups -OCH3 is 1. The number of hydrogen-bond acceptors (Lipinski definition) is 4. The smallest absolute Gasteiger partial charge is 0.242 e. The SMILES string of the molecule is COc1ccc(NC(=O)[C@@H](C2CCCC2)N2CCN(C(=O)C(C)(C)C)CC2)cc1. The van der Waals surface area contributed by atoms with Crippen LogP contribution in [-0.2, 0) is 9.59 Å². The van der Waals surface area contributed by atoms with Gasteiger partial charge in [0.1, 0.15) is 5.75 Å². The molecule has 1 aromatic carbocycles. The van der Waals surface area contributed by atoms with Gasteiger partial charge in [-0.05, 0) is 43.0 Å². The highest BCUT2D eigenvalue weighted by Gasteiger charge is 2.38. The molecule has 1 heterocycles. The topological polar surface area (TPSA) is 61.9 Å². The first-order chi connectivity index (χ1) is 13.8. The van der Waals surface area contributed by atoms with Crippen LogP contribution < -0.4 is 10.1 Å². The van der Waals surface area contributed by atoms with Crippen molar-refractivity contribution in [3.8, 4) is 5.75 Å². The molecule has 1 saturated heterocycles. The summed E-state index contributed by atoms with van der Waals surface area (Å²) in [5.74, 6) is 1.42. The lowest BCUT2D eigenvalue weighted by Crippen LogP contribution is -2.58. The molecular weight excluding hydrogens is 366 g/mol. The Morgan fingerprint density at radius 2 is 1.62 bits per heavy atom. The Morgan fingerprint density at radius 3 is 2.14 bits per heavy atom. The number of benzene rings is 1. The number of ether oxygens (including phenoxy) is 1. The van der Waals surface area contributed by atoms with Crippen LogP contribution in [0, 0.1) is 11.3 Å². The second kappa shape index (κ2) is 9.16. The molecule has 2 fully saturated rings. The van der Waals surface area contributed by atoms with Gasteiger partial charge in [0.05, 0.1) is 13.2 Å². The van der Waals surface area contributed by atoms with Crippen LogP contribution in [-0.4, -0.2) is 60.9 Å². The van der Waals surface area contributed by atoms with Crippen LogP contribution in [0.1, 0.15) is 46.5 Å². The minimum atomic E-state index is -0.362. The standard InChI is InChI=1S/C23H35N3O3/c1-23(2,3)22(28)26-15-13-25(14-16-26)20(17-7-5-6-8-17)21(27)24-18-9-11-19(29-4)12-10-18/h9-12,17,20H,5-8,13-16H2,1-4H3,(H,24,27)/t20-/m1/s1. The molecule has 1 saturated carbocycles. The largest absolute Gasteiger partial charge is 0.497 e. The van der Waals surface area contributed by atoms with Crippen LogP contribution in [0.2, 0.25) is 0 Å². The lowest BCUT2D eigenvalue weighted by molar-refractivity contribution is -0.142. The van der Waals surface area contributed by atoms with Crippen molar-refractivity contribution >= 4 is 17.5 Å². The van der Waals surface area contributed by atoms with Crippen molar-refractivity contribution < 1.29 is 14.3 Å². The molecule has 2 amide bonds. The summed E-state index contributed by atoms with van der Waals surface area (Å²) in [5, 5.41) is 3.11. The third kappa shape index (κ3) is 5.30. The first-order valence-corrected chi connectivity index (χ1v) is 10.8. The molecule has 1 aromatic rings. The molecule has 0 unspecified atom stereocenters. The first-order valence-electron chi connectivity index (χ1n) is 10.8. The van der Waals surface area contributed by atoms with Crippen molar-refractivity contribution in [3.63, 3.8) is 0 Å². The van der Waals surface area contributed by atoms with E-state index >= 15 is 0 Å². The van der Waals surface area contributed by atoms with Gasteiger partial charge in [0.25, 0.3) is 0 Å². The van der Waals surface area contributed by atoms with Gasteiger partial charge in [0.15, 0.2) is 0 Å². The fraction of sp³-hybridized carbons (Fsp3) is 0.652. The van der Waals surface area contributed by atoms with E-state index < -0.39 is 0 Å². The molecule has 29 heavy (non-hydrogen) atoms. The van der Waals surface area contributed by atoms with Crippen molar-refractivity contribution in [2.75, 3.05) is 38.6 Å². The van der Waals surface area contributed by atoms with Crippen molar-refractivity contribution in [3.05, 3.63) is 24.3 Å². The van der Waals surface area contributed by atoms with E-state index in [4.69, 9.17) is 4.74 Å². The summed E-state index contributed by atoms with van der Waals surface area (Å²) in [6.45, 7) is 8.77. The summed E-state index contributed by atoms with van der Waals surface area (Å²) in [7, 11) is 1.63. The first kappa shape index (κ1) is 21.6. The number of amides is 2. The third-order valence-electron chi connectivity index (χ3n) is 6.11. The number of anilines is 1. The van der Waals surface area contributed by atoms with Gasteiger partial charge in [-0.15, -0.1) is 0 Å². The molecular formula is C23H35N3O3. The van der Waals surface area contributed by atoms with Crippen LogP contribution in [0.15, 0.2) is 24.3 Å². The monoisotopic (exact) mass is 401 g/mol. The van der Waals surface area contributed by atoms with Crippen LogP contribution in [0.4, 0.5) is 5.69 Å². The van der Waals surface area contributed by atoms with Crippen LogP contribution in [0.5, 0.6) is 5.75 Å². The summed E-state index contributed by atoms with van der Waals surface area (Å²) in [4.78, 5) is 30.1. The van der Waals surface area contributed by atoms with Crippen LogP contribution >= 0.6 is 0 Å². The molecule has 6 nitrogen and oxygen atoms in total. The molecule has 0 radical (unpaired) electrons. The maximum Gasteiger partial charge on any atom is 0.242 e. The number of rotatable bonds is 5. The number of piperazine rings is 1. The molecule has 1 aliphatic heterocycles. The predicted molar refractivity (Wildman–Crippen MR) is 115 cm³/mol. The zero-order valence-electron chi connectivity index (χ0n) is 18.2. The molecule has 1 N–H and O–H groups in total. The van der Waals surface area contributed by atoms with Gasteiger partial charge in [-0.25, -0.2) is 0 Å². The zero-order chi connectivity index (χ0) is 21.0. The van der Waals surface area contributed by atoms with Crippen molar-refractivity contribution in [1.82, 2.24) is 9.80 Å². The normalized spacial score (nSPS) is 19.8. The van der Waals surface area contributed by atoms with Gasteiger partial charge in [-0.3, -0.25) is 14.5 Å². The van der Waals surface area contributed by atoms with E-state index in [0.717, 1.165) is 37.4 Å². The van der Waals surface area contributed by atoms with E-state index in [9.17, 15) is 9.59 Å². The second-order valence-corrected chi connectivity index (χ2v) is 9.29. The average molecular weight is 402 g/mol. The van der Waals surface area contributed by atoms with Gasteiger partial charge in [-0.2, -0.15) is 0 Å². The molecule has 2 aliphatic rings. The number of carbonyl (C=O) groups is 2. The molecule has 0 bridgehead atoms. The number of nitrogens with one attached hydrogen (secondary N) is 1. The van der Waals surface area contributed by atoms with Gasteiger partial charge >= 0.3 is 0 Å². The Morgan fingerprint density at radius 1 is 1.03 bits per heavy atom. The van der Waals surface area contributed by atoms with Crippen LogP contribution in [0.3, 0.4) is 0 Å². The third-order valence-corrected chi connectivity index (χ3v) is 6.11. The molecule has 6 heteroatoms. The molecule has 160 valence electrons. The van der Waals surface area contributed by atoms with Crippen molar-refractivity contribution in [1.29, 1.82) is 0 Å². The van der Waals surface area contributed by atoms with E-state index in [0.29, 0.717) is 19.0 Å². The Hall–Kier alpha value is -2.08. The molecule has 0 aromatic heterocycles. The number of nitrogens with zero attached hydrogens (tertiary/aromatic N) is 2. The van der Waals surface area contributed by atoms with E-state index in [-0.39, 0.29) is 23.3 Å². The Kier molecular flexibility index (Phi) is 6.83. The number of hydrogen-bond donors (Lipinski definition) is 1. The van der Waals surface area contributed by atoms with Crippen molar-refractivity contribution in [2.24, 2.45) is 11.3 Å². The summed E-state index contributed by atoms with van der Waals surface area (Å²) in [5.41, 5.74) is 0.430. The summed E-state index contributed by atoms with van der Waals surface area (Å²) in [6.07, 6.45) is 4.59. The molecule has 1 atom stereocenters. The highest BCUT2D eigenvalue weighted by Crippen LogP contribution is 2.32. The van der Waals surface area contributed by atoms with E-state index in [1.165, 1.54) is 12.8 Å². The summed E-state index contributed by atoms with van der Waals surface area (Å²) < 4.78 is 5.20. The maximum atomic E-state index is 13.3. The van der Waals surface area contributed by atoms with E-state index in [1.807, 2.05) is 49.9 Å². The minimum Gasteiger partial charge on any atom is -0.497 e. The quantitative estimate of drug-likeness (QED) is 0.822. The summed E-state index contributed by atoms with van der Waals surface area (Å²) in [6, 6.07) is 7.34. The zero-order valence-corrected chi connectivity index (χ0v) is 18.2. The minimum absolute atomic E-state index is 0.0673. The lowest BCUT2D eigenvalue weighted by Gasteiger charge is -2.42. The van der Waals surface area contributed by atoms with E-state index in [1.54, 1.807) is 7.11 Å². The fourth-order valence-electron chi connectivity index (χ4n) is 4.52. The molecule has 1 aliphatic carbocycles. The molecule has 3 rings (SSSR count). The highest BCUT2D eigenvalue weighted by atomic mass is 16.5. The second-order valence-electron chi connectivity index (χ2n) is 9.29. The Balaban J connectivity index is 1.67. The Bertz CT molecular complexity index is 697. The summed E-state index contributed by atoms with van der Waals surface area (Å²) >= 11 is 0. The van der Waals surface area contributed by atoms with Crippen molar-refractivity contribution in [2.45, 2.75) is 52.5 Å². The maximum absolute atomic E-state index is 13.3. The van der Waals surface area contributed by atoms with Crippen LogP contribution in [0.25, 0.3) is 0 Å². The van der Waals surface area contributed by atoms with Gasteiger partial charge in [0, 0.05) is 37.3 Å². The number of carbonyl (C=O) groups excluding carboxylic acids is 2. The van der Waals surface area contributed by atoms with Gasteiger partial charge < -0.3 is 15.0 Å². The predicted octanol–water partition coefficient (Wildman–Crippen LogP) is 3.38. The fourth-order valence-corrected chi connectivity index (χ4v) is 4.52. The van der Waals surface area contributed by atoms with Gasteiger partial charge in [0.2, 0.25) is 11.8 Å².